The molecule has 1 aromatic heterocycles. The standard InChI is InChI=1S/C15H19Br2ClN2O4Si/c1-23-13(21)9-7-10(18)19-12-11(9)15(16,17)14(22)20(12)8-24-5-6-25(2,3)4/h7H,5-6,8H2,1-4H3. The van der Waals surface area contributed by atoms with Gasteiger partial charge in [0.2, 0.25) is 0 Å². The topological polar surface area (TPSA) is 68.7 Å². The highest BCUT2D eigenvalue weighted by atomic mass is 79.9. The summed E-state index contributed by atoms with van der Waals surface area (Å²) in [5.41, 5.74) is 0.534. The van der Waals surface area contributed by atoms with E-state index in [9.17, 15) is 9.59 Å². The molecule has 0 aliphatic carbocycles. The lowest BCUT2D eigenvalue weighted by Crippen LogP contribution is -2.35. The predicted molar refractivity (Wildman–Crippen MR) is 107 cm³/mol. The molecule has 0 saturated heterocycles. The Morgan fingerprint density at radius 1 is 1.40 bits per heavy atom. The number of nitrogens with zero attached hydrogens (tertiary/aromatic N) is 2. The SMILES string of the molecule is COC(=O)c1cc(Cl)nc2c1C(Br)(Br)C(=O)N2COCC[Si](C)(C)C. The Balaban J connectivity index is 2.33. The second-order valence-corrected chi connectivity index (χ2v) is 16.3. The summed E-state index contributed by atoms with van der Waals surface area (Å²) < 4.78 is 9.19. The number of rotatable bonds is 6. The molecule has 0 bridgehead atoms. The van der Waals surface area contributed by atoms with Crippen molar-refractivity contribution in [1.29, 1.82) is 0 Å². The van der Waals surface area contributed by atoms with Gasteiger partial charge in [0.1, 0.15) is 17.7 Å². The zero-order chi connectivity index (χ0) is 19.0. The summed E-state index contributed by atoms with van der Waals surface area (Å²) in [5, 5.41) is 0.0942. The van der Waals surface area contributed by atoms with E-state index in [-0.39, 0.29) is 29.2 Å². The number of carbonyl (C=O) groups excluding carboxylic acids is 2. The average molecular weight is 515 g/mol. The highest BCUT2D eigenvalue weighted by Crippen LogP contribution is 2.51. The first kappa shape index (κ1) is 20.8. The molecule has 10 heteroatoms. The van der Waals surface area contributed by atoms with Crippen molar-refractivity contribution >= 4 is 69.2 Å². The van der Waals surface area contributed by atoms with E-state index in [1.54, 1.807) is 0 Å². The van der Waals surface area contributed by atoms with Crippen molar-refractivity contribution in [2.24, 2.45) is 0 Å². The van der Waals surface area contributed by atoms with Gasteiger partial charge in [0.15, 0.2) is 3.23 Å². The van der Waals surface area contributed by atoms with Crippen LogP contribution in [0.3, 0.4) is 0 Å². The zero-order valence-electron chi connectivity index (χ0n) is 14.4. The lowest BCUT2D eigenvalue weighted by atomic mass is 10.1. The molecule has 0 spiro atoms. The molecule has 0 N–H and O–H groups in total. The molecular formula is C15H19Br2ClN2O4Si. The van der Waals surface area contributed by atoms with Gasteiger partial charge in [-0.1, -0.05) is 63.1 Å². The minimum absolute atomic E-state index is 0.0310. The Morgan fingerprint density at radius 2 is 2.04 bits per heavy atom. The maximum atomic E-state index is 12.8. The van der Waals surface area contributed by atoms with Gasteiger partial charge in [-0.05, 0) is 12.1 Å². The largest absolute Gasteiger partial charge is 0.465 e. The first-order chi connectivity index (χ1) is 11.5. The van der Waals surface area contributed by atoms with Crippen molar-refractivity contribution in [2.75, 3.05) is 25.3 Å². The summed E-state index contributed by atoms with van der Waals surface area (Å²) in [7, 11) is 0.0315. The molecule has 0 saturated carbocycles. The Labute approximate surface area is 169 Å². The molecule has 138 valence electrons. The first-order valence-electron chi connectivity index (χ1n) is 7.56. The third kappa shape index (κ3) is 4.44. The van der Waals surface area contributed by atoms with Crippen LogP contribution < -0.4 is 4.90 Å². The molecule has 25 heavy (non-hydrogen) atoms. The van der Waals surface area contributed by atoms with E-state index in [1.165, 1.54) is 18.1 Å². The second kappa shape index (κ2) is 7.64. The van der Waals surface area contributed by atoms with E-state index < -0.39 is 17.3 Å². The lowest BCUT2D eigenvalue weighted by Gasteiger charge is -2.20. The molecule has 0 fully saturated rings. The summed E-state index contributed by atoms with van der Waals surface area (Å²) in [6, 6.07) is 2.36. The number of alkyl halides is 2. The van der Waals surface area contributed by atoms with Gasteiger partial charge < -0.3 is 9.47 Å². The van der Waals surface area contributed by atoms with Gasteiger partial charge in [0.25, 0.3) is 5.91 Å². The number of aromatic nitrogens is 1. The highest BCUT2D eigenvalue weighted by molar-refractivity contribution is 9.25. The van der Waals surface area contributed by atoms with Gasteiger partial charge in [-0.15, -0.1) is 0 Å². The fourth-order valence-electron chi connectivity index (χ4n) is 2.30. The number of halogens is 3. The van der Waals surface area contributed by atoms with Crippen LogP contribution in [0.15, 0.2) is 6.07 Å². The summed E-state index contributed by atoms with van der Waals surface area (Å²) in [6.07, 6.45) is 0. The maximum Gasteiger partial charge on any atom is 0.338 e. The van der Waals surface area contributed by atoms with Gasteiger partial charge in [0.05, 0.1) is 12.7 Å². The molecule has 1 amide bonds. The molecule has 1 aromatic rings. The van der Waals surface area contributed by atoms with E-state index in [4.69, 9.17) is 21.1 Å². The van der Waals surface area contributed by atoms with Crippen LogP contribution in [0.2, 0.25) is 30.8 Å². The average Bonchev–Trinajstić information content (AvgIpc) is 2.69. The lowest BCUT2D eigenvalue weighted by molar-refractivity contribution is -0.119. The van der Waals surface area contributed by atoms with Crippen LogP contribution in [0.25, 0.3) is 0 Å². The summed E-state index contributed by atoms with van der Waals surface area (Å²) in [4.78, 5) is 30.4. The zero-order valence-corrected chi connectivity index (χ0v) is 19.3. The molecule has 0 aromatic carbocycles. The molecule has 2 rings (SSSR count). The number of methoxy groups -OCH3 is 1. The van der Waals surface area contributed by atoms with E-state index in [1.807, 2.05) is 0 Å². The van der Waals surface area contributed by atoms with E-state index in [0.717, 1.165) is 6.04 Å². The van der Waals surface area contributed by atoms with Crippen molar-refractivity contribution in [1.82, 2.24) is 4.98 Å². The second-order valence-electron chi connectivity index (χ2n) is 6.84. The minimum atomic E-state index is -1.28. The van der Waals surface area contributed by atoms with Crippen LogP contribution in [0.4, 0.5) is 5.82 Å². The summed E-state index contributed by atoms with van der Waals surface area (Å²) in [5.74, 6) is -0.659. The van der Waals surface area contributed by atoms with Crippen molar-refractivity contribution in [3.63, 3.8) is 0 Å². The van der Waals surface area contributed by atoms with Gasteiger partial charge in [0, 0.05) is 20.2 Å². The van der Waals surface area contributed by atoms with Crippen molar-refractivity contribution < 1.29 is 19.1 Å². The van der Waals surface area contributed by atoms with Crippen molar-refractivity contribution in [2.45, 2.75) is 28.9 Å². The highest BCUT2D eigenvalue weighted by Gasteiger charge is 2.51. The Bertz CT molecular complexity index is 710. The molecule has 6 nitrogen and oxygen atoms in total. The van der Waals surface area contributed by atoms with Gasteiger partial charge in [-0.2, -0.15) is 0 Å². The van der Waals surface area contributed by atoms with Gasteiger partial charge >= 0.3 is 5.97 Å². The molecule has 0 radical (unpaired) electrons. The number of esters is 1. The van der Waals surface area contributed by atoms with Crippen LogP contribution in [0, 0.1) is 0 Å². The fourth-order valence-corrected chi connectivity index (χ4v) is 4.46. The third-order valence-corrected chi connectivity index (χ3v) is 7.04. The van der Waals surface area contributed by atoms with E-state index in [0.29, 0.717) is 12.2 Å². The number of pyridine rings is 1. The molecule has 1 aliphatic heterocycles. The summed E-state index contributed by atoms with van der Waals surface area (Å²) >= 11 is 12.7. The Hall–Kier alpha value is -0.483. The third-order valence-electron chi connectivity index (χ3n) is 3.67. The van der Waals surface area contributed by atoms with E-state index in [2.05, 4.69) is 56.5 Å². The van der Waals surface area contributed by atoms with Crippen LogP contribution in [0.5, 0.6) is 0 Å². The van der Waals surface area contributed by atoms with Crippen LogP contribution in [-0.4, -0.2) is 45.4 Å². The number of carbonyl (C=O) groups is 2. The monoisotopic (exact) mass is 512 g/mol. The maximum absolute atomic E-state index is 12.8. The van der Waals surface area contributed by atoms with Gasteiger partial charge in [-0.25, -0.2) is 9.78 Å². The molecule has 1 aliphatic rings. The number of hydrogen-bond acceptors (Lipinski definition) is 5. The minimum Gasteiger partial charge on any atom is -0.465 e. The number of anilines is 1. The first-order valence-corrected chi connectivity index (χ1v) is 13.2. The Morgan fingerprint density at radius 3 is 2.60 bits per heavy atom. The molecule has 0 unspecified atom stereocenters. The van der Waals surface area contributed by atoms with Crippen LogP contribution >= 0.6 is 43.5 Å². The number of fused-ring (bicyclic) bond motifs is 1. The number of ether oxygens (including phenoxy) is 2. The van der Waals surface area contributed by atoms with E-state index >= 15 is 0 Å². The number of amides is 1. The Kier molecular flexibility index (Phi) is 6.36. The molecule has 2 heterocycles. The van der Waals surface area contributed by atoms with Crippen LogP contribution in [0.1, 0.15) is 15.9 Å². The smallest absolute Gasteiger partial charge is 0.338 e. The van der Waals surface area contributed by atoms with Crippen molar-refractivity contribution in [3.8, 4) is 0 Å². The predicted octanol–water partition coefficient (Wildman–Crippen LogP) is 4.12. The van der Waals surface area contributed by atoms with Crippen molar-refractivity contribution in [3.05, 3.63) is 22.3 Å². The van der Waals surface area contributed by atoms with Crippen LogP contribution in [-0.2, 0) is 17.5 Å². The number of hydrogen-bond donors (Lipinski definition) is 0. The quantitative estimate of drug-likeness (QED) is 0.188. The van der Waals surface area contributed by atoms with Gasteiger partial charge in [-0.3, -0.25) is 9.69 Å². The molecular weight excluding hydrogens is 496 g/mol. The summed E-state index contributed by atoms with van der Waals surface area (Å²) in [6.45, 7) is 7.33. The molecule has 0 atom stereocenters. The normalized spacial score (nSPS) is 16.1. The fraction of sp³-hybridized carbons (Fsp3) is 0.533.